The van der Waals surface area contributed by atoms with Gasteiger partial charge in [-0.3, -0.25) is 0 Å². The van der Waals surface area contributed by atoms with Crippen LogP contribution in [0.15, 0.2) is 18.2 Å². The molecule has 0 aromatic heterocycles. The van der Waals surface area contributed by atoms with Crippen molar-refractivity contribution in [3.63, 3.8) is 0 Å². The first-order valence-corrected chi connectivity index (χ1v) is 14.4. The van der Waals surface area contributed by atoms with Gasteiger partial charge in [-0.15, -0.1) is 11.1 Å². The quantitative estimate of drug-likeness (QED) is 0.336. The van der Waals surface area contributed by atoms with Crippen molar-refractivity contribution in [2.24, 2.45) is 0 Å². The molecule has 4 atom stereocenters. The van der Waals surface area contributed by atoms with Crippen LogP contribution in [0.4, 0.5) is 0 Å². The molecule has 29 heavy (non-hydrogen) atoms. The van der Waals surface area contributed by atoms with Gasteiger partial charge in [-0.2, -0.15) is 24.3 Å². The Balaban J connectivity index is 0.000000755. The van der Waals surface area contributed by atoms with Gasteiger partial charge in [0.2, 0.25) is 0 Å². The molecule has 4 N–H and O–H groups in total. The number of benzene rings is 1. The summed E-state index contributed by atoms with van der Waals surface area (Å²) < 4.78 is 0. The molecule has 165 valence electrons. The molecule has 0 amide bonds. The van der Waals surface area contributed by atoms with E-state index in [4.69, 9.17) is 20.2 Å². The Hall–Kier alpha value is 0.159. The zero-order chi connectivity index (χ0) is 20.3. The van der Waals surface area contributed by atoms with E-state index in [1.165, 1.54) is 62.5 Å². The maximum Gasteiger partial charge on any atom is 0.0223 e. The maximum absolute atomic E-state index is 4.80. The Bertz CT molecular complexity index is 546. The van der Waals surface area contributed by atoms with E-state index in [1.54, 1.807) is 0 Å². The number of hydrogen-bond donors (Lipinski definition) is 4. The number of nitrogens with one attached hydrogen (secondary N) is 4. The largest absolute Gasteiger partial charge is 0.311 e. The van der Waals surface area contributed by atoms with Crippen molar-refractivity contribution in [1.29, 1.82) is 0 Å². The van der Waals surface area contributed by atoms with Crippen molar-refractivity contribution < 1.29 is 13.1 Å². The Labute approximate surface area is 191 Å². The van der Waals surface area contributed by atoms with Crippen LogP contribution in [-0.2, 0) is 26.2 Å². The summed E-state index contributed by atoms with van der Waals surface area (Å²) in [6.07, 6.45) is 10.6. The van der Waals surface area contributed by atoms with Crippen molar-refractivity contribution in [2.75, 3.05) is 13.1 Å². The first kappa shape index (κ1) is 23.8. The molecule has 1 aromatic carbocycles. The van der Waals surface area contributed by atoms with Crippen LogP contribution in [0.5, 0.6) is 0 Å². The van der Waals surface area contributed by atoms with E-state index in [9.17, 15) is 0 Å². The molecule has 2 saturated carbocycles. The predicted molar refractivity (Wildman–Crippen MR) is 119 cm³/mol. The van der Waals surface area contributed by atoms with Gasteiger partial charge >= 0.3 is 33.3 Å². The Kier molecular flexibility index (Phi) is 11.1. The Morgan fingerprint density at radius 1 is 0.690 bits per heavy atom. The molecular weight excluding hydrogens is 446 g/mol. The van der Waals surface area contributed by atoms with Crippen molar-refractivity contribution in [1.82, 2.24) is 21.3 Å². The van der Waals surface area contributed by atoms with Crippen LogP contribution in [0, 0.1) is 6.07 Å². The minimum absolute atomic E-state index is 0.00694. The van der Waals surface area contributed by atoms with E-state index in [-0.39, 0.29) is 13.1 Å². The number of halogens is 2. The van der Waals surface area contributed by atoms with Gasteiger partial charge in [-0.1, -0.05) is 25.7 Å². The third-order valence-electron chi connectivity index (χ3n) is 6.50. The van der Waals surface area contributed by atoms with Crippen molar-refractivity contribution >= 4 is 20.2 Å². The SMILES string of the molecule is [Cl][Mn][Cl].[c-]1c2cccc1CN[C@@H]1CCCC[C@H]1NCCN[C@@H]1CCCC[C@H]1NC2. The molecule has 0 unspecified atom stereocenters. The fourth-order valence-electron chi connectivity index (χ4n) is 5.01. The summed E-state index contributed by atoms with van der Waals surface area (Å²) in [6, 6.07) is 12.7. The molecule has 4 nitrogen and oxygen atoms in total. The van der Waals surface area contributed by atoms with Crippen LogP contribution in [0.25, 0.3) is 0 Å². The molecule has 0 spiro atoms. The first-order valence-electron chi connectivity index (χ1n) is 11.1. The molecule has 2 fully saturated rings. The summed E-state index contributed by atoms with van der Waals surface area (Å²) in [5.74, 6) is 0. The van der Waals surface area contributed by atoms with Gasteiger partial charge in [-0.25, -0.2) is 0 Å². The van der Waals surface area contributed by atoms with Gasteiger partial charge in [0, 0.05) is 37.3 Å². The van der Waals surface area contributed by atoms with E-state index in [0.29, 0.717) is 24.2 Å². The second kappa shape index (κ2) is 13.5. The van der Waals surface area contributed by atoms with Crippen LogP contribution in [0.1, 0.15) is 62.5 Å². The molecule has 1 aliphatic heterocycles. The van der Waals surface area contributed by atoms with Crippen LogP contribution in [0.3, 0.4) is 0 Å². The van der Waals surface area contributed by atoms with E-state index in [2.05, 4.69) is 45.5 Å². The fraction of sp³-hybridized carbons (Fsp3) is 0.727. The monoisotopic (exact) mass is 480 g/mol. The molecule has 2 aliphatic carbocycles. The predicted octanol–water partition coefficient (Wildman–Crippen LogP) is 3.86. The maximum atomic E-state index is 4.80. The summed E-state index contributed by atoms with van der Waals surface area (Å²) in [6.45, 7) is 4.01. The third-order valence-corrected chi connectivity index (χ3v) is 6.50. The molecular formula is C22H35Cl2MnN4-. The standard InChI is InChI=1S/C22H35N4.2ClH.Mn/c1-3-10-21-19(8-1)23-12-13-24-20-9-2-4-11-22(20)26-16-18-7-5-6-17(14-18)15-25-21;;;/h5-7,19-26H,1-4,8-13,15-16H2;2*1H;/q-1;;;+2/p-2/t19-,20-,21-,22-;;;/m1.../s1. The smallest absolute Gasteiger partial charge is 0.0223 e. The van der Waals surface area contributed by atoms with Gasteiger partial charge in [0.15, 0.2) is 0 Å². The summed E-state index contributed by atoms with van der Waals surface area (Å²) in [5, 5.41) is 15.3. The summed E-state index contributed by atoms with van der Waals surface area (Å²) >= 11 is 0.00694. The molecule has 3 aliphatic rings. The second-order valence-electron chi connectivity index (χ2n) is 8.42. The first-order chi connectivity index (χ1) is 14.3. The average molecular weight is 481 g/mol. The minimum atomic E-state index is 0.00694. The summed E-state index contributed by atoms with van der Waals surface area (Å²) in [4.78, 5) is 0. The second-order valence-corrected chi connectivity index (χ2v) is 10.4. The minimum Gasteiger partial charge on any atom is -0.311 e. The van der Waals surface area contributed by atoms with Crippen LogP contribution in [0.2, 0.25) is 0 Å². The third kappa shape index (κ3) is 7.97. The summed E-state index contributed by atoms with van der Waals surface area (Å²) in [7, 11) is 9.59. The molecule has 4 rings (SSSR count). The van der Waals surface area contributed by atoms with E-state index >= 15 is 0 Å². The molecule has 0 radical (unpaired) electrons. The number of hydrogen-bond acceptors (Lipinski definition) is 4. The topological polar surface area (TPSA) is 48.1 Å². The van der Waals surface area contributed by atoms with Gasteiger partial charge in [-0.05, 0) is 38.8 Å². The average Bonchev–Trinajstić information content (AvgIpc) is 2.76. The van der Waals surface area contributed by atoms with Gasteiger partial charge in [0.05, 0.1) is 0 Å². The van der Waals surface area contributed by atoms with Gasteiger partial charge in [0.25, 0.3) is 0 Å². The molecule has 0 saturated heterocycles. The molecule has 1 heterocycles. The van der Waals surface area contributed by atoms with E-state index in [1.807, 2.05) is 0 Å². The number of rotatable bonds is 0. The van der Waals surface area contributed by atoms with Gasteiger partial charge < -0.3 is 21.3 Å². The van der Waals surface area contributed by atoms with Crippen molar-refractivity contribution in [2.45, 2.75) is 88.6 Å². The zero-order valence-corrected chi connectivity index (χ0v) is 19.9. The van der Waals surface area contributed by atoms with Crippen LogP contribution >= 0.6 is 20.2 Å². The van der Waals surface area contributed by atoms with Gasteiger partial charge in [0.1, 0.15) is 0 Å². The fourth-order valence-corrected chi connectivity index (χ4v) is 5.01. The van der Waals surface area contributed by atoms with Crippen molar-refractivity contribution in [3.8, 4) is 0 Å². The Morgan fingerprint density at radius 3 is 1.48 bits per heavy atom. The van der Waals surface area contributed by atoms with E-state index < -0.39 is 0 Å². The molecule has 1 aromatic rings. The summed E-state index contributed by atoms with van der Waals surface area (Å²) in [5.41, 5.74) is 2.59. The molecule has 7 heteroatoms. The molecule has 2 bridgehead atoms. The zero-order valence-electron chi connectivity index (χ0n) is 17.2. The normalized spacial score (nSPS) is 31.1. The van der Waals surface area contributed by atoms with Crippen LogP contribution in [-0.4, -0.2) is 37.3 Å². The Morgan fingerprint density at radius 2 is 1.07 bits per heavy atom. The number of fused-ring (bicyclic) bond motifs is 4. The van der Waals surface area contributed by atoms with Crippen molar-refractivity contribution in [3.05, 3.63) is 35.4 Å². The van der Waals surface area contributed by atoms with Crippen LogP contribution < -0.4 is 21.3 Å². The van der Waals surface area contributed by atoms with E-state index in [0.717, 1.165) is 26.2 Å².